The van der Waals surface area contributed by atoms with Gasteiger partial charge in [-0.05, 0) is 10.4 Å². The predicted molar refractivity (Wildman–Crippen MR) is 69.6 cm³/mol. The summed E-state index contributed by atoms with van der Waals surface area (Å²) in [4.78, 5) is 0. The van der Waals surface area contributed by atoms with E-state index >= 15 is 0 Å². The van der Waals surface area contributed by atoms with Crippen LogP contribution in [0.2, 0.25) is 0 Å². The van der Waals surface area contributed by atoms with Crippen LogP contribution in [0.1, 0.15) is 1.37 Å². The van der Waals surface area contributed by atoms with Crippen LogP contribution in [0.5, 0.6) is 0 Å². The third-order valence-electron chi connectivity index (χ3n) is 2.18. The summed E-state index contributed by atoms with van der Waals surface area (Å²) in [6.45, 7) is -2.74. The van der Waals surface area contributed by atoms with Crippen molar-refractivity contribution in [2.45, 2.75) is 0 Å². The van der Waals surface area contributed by atoms with Crippen LogP contribution in [-0.4, -0.2) is 6.69 Å². The molecule has 0 saturated heterocycles. The Labute approximate surface area is 101 Å². The van der Waals surface area contributed by atoms with Gasteiger partial charge in [0, 0.05) is 0 Å². The molecule has 0 amide bonds. The van der Waals surface area contributed by atoms with Crippen LogP contribution in [-0.2, 0) is 0 Å². The van der Waals surface area contributed by atoms with Gasteiger partial charge in [0.25, 0.3) is 0 Å². The molecule has 3 heteroatoms. The summed E-state index contributed by atoms with van der Waals surface area (Å²) >= 11 is 13.0. The fraction of sp³-hybridized carbons (Fsp3) is 0. The summed E-state index contributed by atoms with van der Waals surface area (Å²) in [6, 6.07) is 17.2. The molecule has 2 rings (SSSR count). The summed E-state index contributed by atoms with van der Waals surface area (Å²) in [5.74, 6) is 0. The first-order valence-corrected chi connectivity index (χ1v) is 8.64. The van der Waals surface area contributed by atoms with E-state index < -0.39 is 6.69 Å². The molecule has 0 nitrogen and oxygen atoms in total. The first-order chi connectivity index (χ1) is 7.62. The van der Waals surface area contributed by atoms with Gasteiger partial charge in [-0.2, -0.15) is 0 Å². The van der Waals surface area contributed by atoms with Crippen LogP contribution in [0.15, 0.2) is 60.6 Å². The summed E-state index contributed by atoms with van der Waals surface area (Å²) in [5, 5.41) is 1.66. The molecule has 0 atom stereocenters. The topological polar surface area (TPSA) is 0 Å². The molecule has 0 N–H and O–H groups in total. The Morgan fingerprint density at radius 3 is 1.93 bits per heavy atom. The number of hydrogen-bond donors (Lipinski definition) is 0. The van der Waals surface area contributed by atoms with E-state index in [0.29, 0.717) is 6.04 Å². The predicted octanol–water partition coefficient (Wildman–Crippen LogP) is 2.72. The average molecular weight is 254 g/mol. The van der Waals surface area contributed by atoms with Gasteiger partial charge < -0.3 is 0 Å². The maximum atomic E-state index is 7.84. The molecule has 15 heavy (non-hydrogen) atoms. The Kier molecular flexibility index (Phi) is 2.77. The highest BCUT2D eigenvalue weighted by Crippen LogP contribution is 2.14. The fourth-order valence-electron chi connectivity index (χ4n) is 1.39. The van der Waals surface area contributed by atoms with E-state index in [1.165, 1.54) is 0 Å². The molecule has 0 spiro atoms. The number of benzene rings is 2. The normalized spacial score (nSPS) is 12.3. The van der Waals surface area contributed by atoms with Crippen molar-refractivity contribution in [1.29, 1.82) is 0 Å². The van der Waals surface area contributed by atoms with Crippen molar-refractivity contribution in [3.63, 3.8) is 0 Å². The van der Waals surface area contributed by atoms with Crippen LogP contribution >= 0.6 is 22.2 Å². The molecule has 0 radical (unpaired) electrons. The van der Waals surface area contributed by atoms with Crippen LogP contribution in [0, 0.1) is 0 Å². The molecular weight excluding hydrogens is 243 g/mol. The summed E-state index contributed by atoms with van der Waals surface area (Å²) in [5.41, 5.74) is 0. The van der Waals surface area contributed by atoms with Crippen LogP contribution in [0.3, 0.4) is 0 Å². The minimum absolute atomic E-state index is 0.406. The number of halogens is 2. The lowest BCUT2D eigenvalue weighted by Crippen LogP contribution is -2.48. The van der Waals surface area contributed by atoms with Crippen LogP contribution in [0.25, 0.3) is 0 Å². The molecule has 2 aromatic rings. The van der Waals surface area contributed by atoms with Gasteiger partial charge in [-0.3, -0.25) is 0 Å². The highest BCUT2D eigenvalue weighted by atomic mass is 35.7. The lowest BCUT2D eigenvalue weighted by Gasteiger charge is -2.17. The Hall–Kier alpha value is -0.763. The van der Waals surface area contributed by atoms with Crippen molar-refractivity contribution < 1.29 is 1.37 Å². The van der Waals surface area contributed by atoms with Crippen LogP contribution in [0.4, 0.5) is 0 Å². The molecule has 0 aliphatic carbocycles. The molecule has 2 aromatic carbocycles. The molecule has 0 unspecified atom stereocenters. The van der Waals surface area contributed by atoms with Gasteiger partial charge in [-0.1, -0.05) is 60.6 Å². The second-order valence-corrected chi connectivity index (χ2v) is 9.46. The molecule has 0 aromatic heterocycles. The number of hydrogen-bond acceptors (Lipinski definition) is 0. The van der Waals surface area contributed by atoms with Crippen molar-refractivity contribution in [2.75, 3.05) is 0 Å². The van der Waals surface area contributed by atoms with Gasteiger partial charge in [0.05, 0.1) is 1.37 Å². The Morgan fingerprint density at radius 2 is 1.33 bits per heavy atom. The zero-order chi connectivity index (χ0) is 11.6. The standard InChI is InChI=1S/C12H10Cl2Si/c13-15(14,11-7-3-1-4-8-11)12-9-5-2-6-10-12/h1-10H/i7D. The van der Waals surface area contributed by atoms with Crippen molar-refractivity contribution >= 4 is 39.2 Å². The van der Waals surface area contributed by atoms with Crippen molar-refractivity contribution in [3.8, 4) is 0 Å². The van der Waals surface area contributed by atoms with Gasteiger partial charge in [0.1, 0.15) is 0 Å². The minimum Gasteiger partial charge on any atom is -0.134 e. The van der Waals surface area contributed by atoms with Gasteiger partial charge in [-0.15, -0.1) is 22.2 Å². The molecule has 76 valence electrons. The number of rotatable bonds is 2. The van der Waals surface area contributed by atoms with E-state index in [1.807, 2.05) is 48.5 Å². The highest BCUT2D eigenvalue weighted by Gasteiger charge is 2.32. The quantitative estimate of drug-likeness (QED) is 0.571. The van der Waals surface area contributed by atoms with Crippen molar-refractivity contribution in [1.82, 2.24) is 0 Å². The molecule has 0 heterocycles. The van der Waals surface area contributed by atoms with Crippen LogP contribution < -0.4 is 10.4 Å². The zero-order valence-electron chi connectivity index (χ0n) is 8.95. The largest absolute Gasteiger partial charge is 0.310 e. The van der Waals surface area contributed by atoms with E-state index in [9.17, 15) is 0 Å². The minimum atomic E-state index is -2.74. The SMILES string of the molecule is [2H]c1ccccc1[Si](Cl)(Cl)c1ccccc1. The lowest BCUT2D eigenvalue weighted by atomic mass is 10.4. The maximum absolute atomic E-state index is 7.84. The van der Waals surface area contributed by atoms with Gasteiger partial charge in [0.2, 0.25) is 0 Å². The Morgan fingerprint density at radius 1 is 0.800 bits per heavy atom. The smallest absolute Gasteiger partial charge is 0.134 e. The molecule has 0 bridgehead atoms. The van der Waals surface area contributed by atoms with Crippen molar-refractivity contribution in [2.24, 2.45) is 0 Å². The zero-order valence-corrected chi connectivity index (χ0v) is 10.5. The highest BCUT2D eigenvalue weighted by molar-refractivity contribution is 7.56. The average Bonchev–Trinajstić information content (AvgIpc) is 2.30. The lowest BCUT2D eigenvalue weighted by molar-refractivity contribution is 1.74. The summed E-state index contributed by atoms with van der Waals surface area (Å²) in [7, 11) is 0. The molecule has 0 aliphatic rings. The van der Waals surface area contributed by atoms with Gasteiger partial charge in [0.15, 0.2) is 0 Å². The second kappa shape index (κ2) is 4.39. The Balaban J connectivity index is 2.51. The van der Waals surface area contributed by atoms with E-state index in [2.05, 4.69) is 0 Å². The molecule has 0 fully saturated rings. The summed E-state index contributed by atoms with van der Waals surface area (Å²) < 4.78 is 7.84. The van der Waals surface area contributed by atoms with Gasteiger partial charge in [-0.25, -0.2) is 0 Å². The Bertz CT molecular complexity index is 485. The fourth-order valence-corrected chi connectivity index (χ4v) is 4.35. The monoisotopic (exact) mass is 253 g/mol. The third-order valence-corrected chi connectivity index (χ3v) is 6.76. The van der Waals surface area contributed by atoms with E-state index in [-0.39, 0.29) is 0 Å². The maximum Gasteiger partial charge on any atom is 0.310 e. The molecule has 0 aliphatic heterocycles. The first kappa shape index (κ1) is 9.46. The summed E-state index contributed by atoms with van der Waals surface area (Å²) in [6.07, 6.45) is 0. The van der Waals surface area contributed by atoms with Gasteiger partial charge >= 0.3 is 6.69 Å². The van der Waals surface area contributed by atoms with Crippen molar-refractivity contribution in [3.05, 3.63) is 60.6 Å². The van der Waals surface area contributed by atoms with E-state index in [0.717, 1.165) is 10.4 Å². The second-order valence-electron chi connectivity index (χ2n) is 3.22. The van der Waals surface area contributed by atoms with E-state index in [4.69, 9.17) is 23.5 Å². The molecular formula is C12H10Cl2Si. The third kappa shape index (κ3) is 2.25. The first-order valence-electron chi connectivity index (χ1n) is 5.12. The molecule has 0 saturated carbocycles. The van der Waals surface area contributed by atoms with E-state index in [1.54, 1.807) is 6.07 Å².